The van der Waals surface area contributed by atoms with Crippen molar-refractivity contribution in [2.24, 2.45) is 0 Å². The van der Waals surface area contributed by atoms with Crippen molar-refractivity contribution in [2.75, 3.05) is 66.5 Å². The summed E-state index contributed by atoms with van der Waals surface area (Å²) in [6.45, 7) is 3.27. The Morgan fingerprint density at radius 3 is 2.34 bits per heavy atom. The first-order valence-corrected chi connectivity index (χ1v) is 12.5. The molecule has 2 aliphatic heterocycles. The number of halogens is 3. The first kappa shape index (κ1) is 27.7. The van der Waals surface area contributed by atoms with Gasteiger partial charge in [0, 0.05) is 50.8 Å². The van der Waals surface area contributed by atoms with Gasteiger partial charge in [0.2, 0.25) is 5.95 Å². The van der Waals surface area contributed by atoms with Crippen molar-refractivity contribution in [2.45, 2.75) is 0 Å². The molecule has 0 bridgehead atoms. The highest BCUT2D eigenvalue weighted by Crippen LogP contribution is 2.37. The number of benzene rings is 2. The summed E-state index contributed by atoms with van der Waals surface area (Å²) in [4.78, 5) is 40.6. The first-order valence-electron chi connectivity index (χ1n) is 11.7. The first-order chi connectivity index (χ1) is 17.8. The van der Waals surface area contributed by atoms with Crippen LogP contribution in [-0.2, 0) is 4.79 Å². The molecule has 1 aromatic heterocycles. The fourth-order valence-electron chi connectivity index (χ4n) is 4.52. The molecule has 0 atom stereocenters. The number of carbonyl (C=O) groups excluding carboxylic acids is 1. The minimum Gasteiger partial charge on any atom is -0.480 e. The third-order valence-electron chi connectivity index (χ3n) is 6.39. The maximum Gasteiger partial charge on any atom is 0.317 e. The molecule has 10 nitrogen and oxygen atoms in total. The molecular weight excluding hydrogens is 553 g/mol. The molecule has 0 radical (unpaired) electrons. The van der Waals surface area contributed by atoms with Gasteiger partial charge in [0.15, 0.2) is 0 Å². The standard InChI is InChI=1S/C25H25Cl2N7O3.ClH/c1-31-15-34(22-19(26)3-2-4-20(22)27)24(37)18-13-28-25(30-23(18)31)29-16-5-7-17(8-6-16)33-11-9-32(10-12-33)14-21(35)36;/h2-8,13H,9-12,14-15H2,1H3,(H,35,36)(H,28,29,30);1H. The average molecular weight is 579 g/mol. The second kappa shape index (κ2) is 11.6. The molecule has 0 aliphatic carbocycles. The summed E-state index contributed by atoms with van der Waals surface area (Å²) in [5.41, 5.74) is 2.68. The highest BCUT2D eigenvalue weighted by molar-refractivity contribution is 6.40. The van der Waals surface area contributed by atoms with Crippen LogP contribution in [0.3, 0.4) is 0 Å². The van der Waals surface area contributed by atoms with Crippen LogP contribution in [0.2, 0.25) is 10.0 Å². The molecule has 1 fully saturated rings. The van der Waals surface area contributed by atoms with E-state index < -0.39 is 5.97 Å². The highest BCUT2D eigenvalue weighted by Gasteiger charge is 2.32. The molecule has 3 aromatic rings. The van der Waals surface area contributed by atoms with Gasteiger partial charge >= 0.3 is 5.97 Å². The molecule has 3 heterocycles. The van der Waals surface area contributed by atoms with Gasteiger partial charge in [-0.2, -0.15) is 4.98 Å². The van der Waals surface area contributed by atoms with E-state index in [2.05, 4.69) is 20.2 Å². The van der Waals surface area contributed by atoms with Gasteiger partial charge in [-0.25, -0.2) is 4.98 Å². The number of piperazine rings is 1. The van der Waals surface area contributed by atoms with Crippen LogP contribution in [0.15, 0.2) is 48.7 Å². The predicted molar refractivity (Wildman–Crippen MR) is 152 cm³/mol. The molecule has 2 aromatic carbocycles. The molecule has 0 saturated carbocycles. The number of aliphatic carboxylic acids is 1. The molecule has 200 valence electrons. The number of fused-ring (bicyclic) bond motifs is 1. The summed E-state index contributed by atoms with van der Waals surface area (Å²) in [6, 6.07) is 13.0. The number of anilines is 5. The normalized spacial score (nSPS) is 15.7. The van der Waals surface area contributed by atoms with Crippen LogP contribution in [0.4, 0.5) is 28.8 Å². The highest BCUT2D eigenvalue weighted by atomic mass is 35.5. The van der Waals surface area contributed by atoms with E-state index in [0.29, 0.717) is 46.2 Å². The van der Waals surface area contributed by atoms with Crippen LogP contribution >= 0.6 is 35.6 Å². The molecule has 1 amide bonds. The van der Waals surface area contributed by atoms with Crippen molar-refractivity contribution in [3.8, 4) is 0 Å². The van der Waals surface area contributed by atoms with Crippen molar-refractivity contribution in [1.29, 1.82) is 0 Å². The molecule has 0 spiro atoms. The largest absolute Gasteiger partial charge is 0.480 e. The van der Waals surface area contributed by atoms with E-state index in [1.807, 2.05) is 41.1 Å². The van der Waals surface area contributed by atoms with Gasteiger partial charge in [0.25, 0.3) is 5.91 Å². The van der Waals surface area contributed by atoms with E-state index >= 15 is 0 Å². The zero-order chi connectivity index (χ0) is 26.1. The van der Waals surface area contributed by atoms with Crippen LogP contribution in [0.25, 0.3) is 0 Å². The third kappa shape index (κ3) is 5.73. The Hall–Kier alpha value is -3.31. The number of amides is 1. The predicted octanol–water partition coefficient (Wildman–Crippen LogP) is 4.21. The number of carboxylic acid groups (broad SMARTS) is 1. The lowest BCUT2D eigenvalue weighted by Gasteiger charge is -2.35. The van der Waals surface area contributed by atoms with Gasteiger partial charge in [-0.05, 0) is 36.4 Å². The topological polar surface area (TPSA) is 105 Å². The van der Waals surface area contributed by atoms with Gasteiger partial charge in [0.1, 0.15) is 11.4 Å². The maximum absolute atomic E-state index is 13.2. The Morgan fingerprint density at radius 2 is 1.71 bits per heavy atom. The Balaban J connectivity index is 0.00000336. The van der Waals surface area contributed by atoms with Crippen molar-refractivity contribution < 1.29 is 14.7 Å². The molecule has 13 heteroatoms. The van der Waals surface area contributed by atoms with E-state index in [0.717, 1.165) is 24.5 Å². The number of hydrogen-bond donors (Lipinski definition) is 2. The molecule has 0 unspecified atom stereocenters. The van der Waals surface area contributed by atoms with E-state index in [9.17, 15) is 9.59 Å². The van der Waals surface area contributed by atoms with Crippen LogP contribution in [-0.4, -0.2) is 78.3 Å². The van der Waals surface area contributed by atoms with Crippen molar-refractivity contribution in [3.05, 3.63) is 64.3 Å². The summed E-state index contributed by atoms with van der Waals surface area (Å²) < 4.78 is 0. The lowest BCUT2D eigenvalue weighted by atomic mass is 10.2. The SMILES string of the molecule is CN1CN(c2c(Cl)cccc2Cl)C(=O)c2cnc(Nc3ccc(N4CCN(CC(=O)O)CC4)cc3)nc21.Cl. The average Bonchev–Trinajstić information content (AvgIpc) is 2.87. The van der Waals surface area contributed by atoms with Gasteiger partial charge in [-0.3, -0.25) is 19.4 Å². The number of carboxylic acids is 1. The number of hydrogen-bond acceptors (Lipinski definition) is 8. The Labute approximate surface area is 236 Å². The molecule has 2 aliphatic rings. The Morgan fingerprint density at radius 1 is 1.05 bits per heavy atom. The number of para-hydroxylation sites is 1. The van der Waals surface area contributed by atoms with Gasteiger partial charge < -0.3 is 20.2 Å². The maximum atomic E-state index is 13.2. The summed E-state index contributed by atoms with van der Waals surface area (Å²) in [7, 11) is 1.84. The van der Waals surface area contributed by atoms with Crippen molar-refractivity contribution >= 4 is 76.3 Å². The zero-order valence-electron chi connectivity index (χ0n) is 20.5. The quantitative estimate of drug-likeness (QED) is 0.445. The van der Waals surface area contributed by atoms with E-state index in [-0.39, 0.29) is 31.5 Å². The fourth-order valence-corrected chi connectivity index (χ4v) is 5.12. The molecule has 5 rings (SSSR count). The van der Waals surface area contributed by atoms with Crippen LogP contribution in [0.1, 0.15) is 10.4 Å². The Bertz CT molecular complexity index is 1310. The Kier molecular flexibility index (Phi) is 8.47. The third-order valence-corrected chi connectivity index (χ3v) is 7.00. The summed E-state index contributed by atoms with van der Waals surface area (Å²) in [6.07, 6.45) is 1.51. The lowest BCUT2D eigenvalue weighted by molar-refractivity contribution is -0.138. The number of carbonyl (C=O) groups is 2. The second-order valence-electron chi connectivity index (χ2n) is 8.90. The summed E-state index contributed by atoms with van der Waals surface area (Å²) in [5, 5.41) is 13.0. The van der Waals surface area contributed by atoms with Gasteiger partial charge in [-0.15, -0.1) is 12.4 Å². The van der Waals surface area contributed by atoms with Crippen LogP contribution < -0.4 is 20.0 Å². The lowest BCUT2D eigenvalue weighted by Crippen LogP contribution is -2.47. The van der Waals surface area contributed by atoms with Gasteiger partial charge in [0.05, 0.1) is 28.9 Å². The summed E-state index contributed by atoms with van der Waals surface area (Å²) >= 11 is 12.7. The molecule has 38 heavy (non-hydrogen) atoms. The number of nitrogens with one attached hydrogen (secondary N) is 1. The zero-order valence-corrected chi connectivity index (χ0v) is 22.8. The molecular formula is C25H26Cl3N7O3. The fraction of sp³-hybridized carbons (Fsp3) is 0.280. The smallest absolute Gasteiger partial charge is 0.317 e. The van der Waals surface area contributed by atoms with Crippen LogP contribution in [0.5, 0.6) is 0 Å². The van der Waals surface area contributed by atoms with E-state index in [1.165, 1.54) is 11.1 Å². The van der Waals surface area contributed by atoms with Gasteiger partial charge in [-0.1, -0.05) is 29.3 Å². The molecule has 2 N–H and O–H groups in total. The summed E-state index contributed by atoms with van der Waals surface area (Å²) in [5.74, 6) is -0.191. The number of aromatic nitrogens is 2. The van der Waals surface area contributed by atoms with E-state index in [1.54, 1.807) is 18.2 Å². The van der Waals surface area contributed by atoms with Crippen molar-refractivity contribution in [1.82, 2.24) is 14.9 Å². The van der Waals surface area contributed by atoms with Crippen LogP contribution in [0, 0.1) is 0 Å². The monoisotopic (exact) mass is 577 g/mol. The second-order valence-corrected chi connectivity index (χ2v) is 9.72. The van der Waals surface area contributed by atoms with Crippen molar-refractivity contribution in [3.63, 3.8) is 0 Å². The van der Waals surface area contributed by atoms with E-state index in [4.69, 9.17) is 28.3 Å². The minimum atomic E-state index is -0.800. The number of nitrogens with zero attached hydrogens (tertiary/aromatic N) is 6. The minimum absolute atomic E-state index is 0. The molecule has 1 saturated heterocycles. The number of rotatable bonds is 6.